The van der Waals surface area contributed by atoms with Gasteiger partial charge in [-0.05, 0) is 25.0 Å². The first kappa shape index (κ1) is 17.4. The number of carbonyl (C=O) groups is 1. The third kappa shape index (κ3) is 3.92. The molecule has 2 nitrogen and oxygen atoms in total. The second-order valence-electron chi connectivity index (χ2n) is 4.77. The zero-order chi connectivity index (χ0) is 15.3. The Morgan fingerprint density at radius 3 is 2.20 bits per heavy atom. The molecule has 0 saturated carbocycles. The fourth-order valence-electron chi connectivity index (χ4n) is 1.85. The molecule has 0 saturated heterocycles. The number of nitrogens with one attached hydrogen (secondary N) is 1. The predicted octanol–water partition coefficient (Wildman–Crippen LogP) is 4.50. The van der Waals surface area contributed by atoms with Gasteiger partial charge in [0.15, 0.2) is 0 Å². The average Bonchev–Trinajstić information content (AvgIpc) is 2.39. The molecule has 1 aromatic rings. The fourth-order valence-corrected chi connectivity index (χ4v) is 2.73. The quantitative estimate of drug-likeness (QED) is 0.736. The van der Waals surface area contributed by atoms with E-state index in [2.05, 4.69) is 21.2 Å². The zero-order valence-electron chi connectivity index (χ0n) is 11.4. The molecule has 1 aromatic carbocycles. The van der Waals surface area contributed by atoms with E-state index in [1.165, 1.54) is 0 Å². The van der Waals surface area contributed by atoms with Crippen molar-refractivity contribution in [3.05, 3.63) is 33.8 Å². The third-order valence-corrected chi connectivity index (χ3v) is 4.67. The van der Waals surface area contributed by atoms with Crippen LogP contribution >= 0.6 is 27.5 Å². The molecule has 1 amide bonds. The summed E-state index contributed by atoms with van der Waals surface area (Å²) >= 11 is 8.90. The largest absolute Gasteiger partial charge is 0.351 e. The Kier molecular flexibility index (Phi) is 6.40. The van der Waals surface area contributed by atoms with E-state index < -0.39 is 23.1 Å². The van der Waals surface area contributed by atoms with Gasteiger partial charge in [-0.3, -0.25) is 4.79 Å². The summed E-state index contributed by atoms with van der Waals surface area (Å²) in [6.07, 6.45) is 1.55. The maximum Gasteiger partial charge on any atom is 0.257 e. The first-order valence-electron chi connectivity index (χ1n) is 6.38. The van der Waals surface area contributed by atoms with Gasteiger partial charge in [-0.2, -0.15) is 0 Å². The number of rotatable bonds is 6. The van der Waals surface area contributed by atoms with Crippen LogP contribution in [0.1, 0.15) is 37.0 Å². The van der Waals surface area contributed by atoms with Gasteiger partial charge in [0, 0.05) is 22.3 Å². The second-order valence-corrected chi connectivity index (χ2v) is 5.95. The highest BCUT2D eigenvalue weighted by atomic mass is 79.9. The van der Waals surface area contributed by atoms with Gasteiger partial charge in [0.25, 0.3) is 5.91 Å². The lowest BCUT2D eigenvalue weighted by Gasteiger charge is -2.29. The summed E-state index contributed by atoms with van der Waals surface area (Å²) in [6.45, 7) is 4.23. The minimum absolute atomic E-state index is 0.250. The van der Waals surface area contributed by atoms with Crippen molar-refractivity contribution >= 4 is 33.4 Å². The van der Waals surface area contributed by atoms with Crippen molar-refractivity contribution in [2.75, 3.05) is 12.4 Å². The van der Waals surface area contributed by atoms with Crippen molar-refractivity contribution < 1.29 is 13.6 Å². The second kappa shape index (κ2) is 7.36. The summed E-state index contributed by atoms with van der Waals surface area (Å²) in [5.41, 5.74) is -0.816. The van der Waals surface area contributed by atoms with E-state index in [1.807, 2.05) is 13.8 Å². The standard InChI is InChI=1S/C14H17BrClF2NO/c1-3-14(4-2,7-16)8-19-13(20)12-10(17)5-9(15)6-11(12)18/h5-6H,3-4,7-8H2,1-2H3,(H,19,20). The average molecular weight is 369 g/mol. The minimum Gasteiger partial charge on any atom is -0.351 e. The van der Waals surface area contributed by atoms with Crippen LogP contribution in [0.2, 0.25) is 0 Å². The van der Waals surface area contributed by atoms with Crippen LogP contribution in [0.3, 0.4) is 0 Å². The van der Waals surface area contributed by atoms with Gasteiger partial charge in [-0.25, -0.2) is 8.78 Å². The summed E-state index contributed by atoms with van der Waals surface area (Å²) in [6, 6.07) is 2.12. The van der Waals surface area contributed by atoms with Gasteiger partial charge < -0.3 is 5.32 Å². The smallest absolute Gasteiger partial charge is 0.257 e. The van der Waals surface area contributed by atoms with Gasteiger partial charge in [-0.1, -0.05) is 29.8 Å². The molecule has 0 fully saturated rings. The molecule has 0 heterocycles. The van der Waals surface area contributed by atoms with E-state index >= 15 is 0 Å². The first-order chi connectivity index (χ1) is 9.39. The molecular formula is C14H17BrClF2NO. The van der Waals surface area contributed by atoms with Crippen molar-refractivity contribution in [1.29, 1.82) is 0 Å². The molecule has 0 radical (unpaired) electrons. The van der Waals surface area contributed by atoms with Crippen LogP contribution in [0.4, 0.5) is 8.78 Å². The number of hydrogen-bond acceptors (Lipinski definition) is 1. The minimum atomic E-state index is -0.890. The third-order valence-electron chi connectivity index (χ3n) is 3.64. The van der Waals surface area contributed by atoms with Crippen molar-refractivity contribution in [3.8, 4) is 0 Å². The molecule has 0 spiro atoms. The van der Waals surface area contributed by atoms with Gasteiger partial charge in [-0.15, -0.1) is 11.6 Å². The van der Waals surface area contributed by atoms with Crippen LogP contribution in [-0.2, 0) is 0 Å². The Morgan fingerprint density at radius 1 is 1.30 bits per heavy atom. The van der Waals surface area contributed by atoms with Gasteiger partial charge in [0.1, 0.15) is 17.2 Å². The SMILES string of the molecule is CCC(CC)(CCl)CNC(=O)c1c(F)cc(Br)cc1F. The normalized spacial score (nSPS) is 11.5. The highest BCUT2D eigenvalue weighted by Gasteiger charge is 2.27. The van der Waals surface area contributed by atoms with Gasteiger partial charge in [0.05, 0.1) is 0 Å². The van der Waals surface area contributed by atoms with E-state index in [0.29, 0.717) is 5.88 Å². The van der Waals surface area contributed by atoms with E-state index in [4.69, 9.17) is 11.6 Å². The van der Waals surface area contributed by atoms with Crippen molar-refractivity contribution in [2.24, 2.45) is 5.41 Å². The van der Waals surface area contributed by atoms with Crippen LogP contribution in [0.15, 0.2) is 16.6 Å². The number of hydrogen-bond donors (Lipinski definition) is 1. The van der Waals surface area contributed by atoms with Crippen LogP contribution in [0.25, 0.3) is 0 Å². The highest BCUT2D eigenvalue weighted by Crippen LogP contribution is 2.27. The highest BCUT2D eigenvalue weighted by molar-refractivity contribution is 9.10. The molecule has 6 heteroatoms. The van der Waals surface area contributed by atoms with Crippen molar-refractivity contribution in [3.63, 3.8) is 0 Å². The molecule has 1 rings (SSSR count). The monoisotopic (exact) mass is 367 g/mol. The number of alkyl halides is 1. The Bertz CT molecular complexity index is 461. The molecule has 20 heavy (non-hydrogen) atoms. The summed E-state index contributed by atoms with van der Waals surface area (Å²) in [7, 11) is 0. The van der Waals surface area contributed by atoms with E-state index in [0.717, 1.165) is 25.0 Å². The van der Waals surface area contributed by atoms with Gasteiger partial charge in [0.2, 0.25) is 0 Å². The number of benzene rings is 1. The Hall–Kier alpha value is -0.680. The van der Waals surface area contributed by atoms with E-state index in [-0.39, 0.29) is 16.4 Å². The maximum atomic E-state index is 13.7. The fraction of sp³-hybridized carbons (Fsp3) is 0.500. The van der Waals surface area contributed by atoms with Crippen LogP contribution in [0.5, 0.6) is 0 Å². The van der Waals surface area contributed by atoms with Crippen molar-refractivity contribution in [2.45, 2.75) is 26.7 Å². The molecular weight excluding hydrogens is 352 g/mol. The molecule has 0 bridgehead atoms. The molecule has 0 atom stereocenters. The summed E-state index contributed by atoms with van der Waals surface area (Å²) in [5.74, 6) is -2.16. The Balaban J connectivity index is 2.88. The zero-order valence-corrected chi connectivity index (χ0v) is 13.7. The molecule has 112 valence electrons. The molecule has 0 aliphatic heterocycles. The van der Waals surface area contributed by atoms with Crippen molar-refractivity contribution in [1.82, 2.24) is 5.32 Å². The van der Waals surface area contributed by atoms with E-state index in [9.17, 15) is 13.6 Å². The Labute approximate surface area is 131 Å². The summed E-state index contributed by atoms with van der Waals surface area (Å²) in [5, 5.41) is 2.58. The van der Waals surface area contributed by atoms with Gasteiger partial charge >= 0.3 is 0 Å². The topological polar surface area (TPSA) is 29.1 Å². The number of carbonyl (C=O) groups excluding carboxylic acids is 1. The van der Waals surface area contributed by atoms with Crippen LogP contribution in [0, 0.1) is 17.0 Å². The summed E-state index contributed by atoms with van der Waals surface area (Å²) < 4.78 is 27.6. The maximum absolute atomic E-state index is 13.7. The van der Waals surface area contributed by atoms with E-state index in [1.54, 1.807) is 0 Å². The van der Waals surface area contributed by atoms with Crippen LogP contribution < -0.4 is 5.32 Å². The molecule has 0 aliphatic rings. The molecule has 0 aliphatic carbocycles. The van der Waals surface area contributed by atoms with Crippen LogP contribution in [-0.4, -0.2) is 18.3 Å². The number of halogens is 4. The lowest BCUT2D eigenvalue weighted by Crippen LogP contribution is -2.38. The lowest BCUT2D eigenvalue weighted by molar-refractivity contribution is 0.0923. The predicted molar refractivity (Wildman–Crippen MR) is 80.1 cm³/mol. The summed E-state index contributed by atoms with van der Waals surface area (Å²) in [4.78, 5) is 11.9. The molecule has 1 N–H and O–H groups in total. The first-order valence-corrected chi connectivity index (χ1v) is 7.70. The lowest BCUT2D eigenvalue weighted by atomic mass is 9.84. The molecule has 0 unspecified atom stereocenters. The molecule has 0 aromatic heterocycles. The number of amides is 1. The Morgan fingerprint density at radius 2 is 1.80 bits per heavy atom.